The summed E-state index contributed by atoms with van der Waals surface area (Å²) in [6.45, 7) is 13.0. The molecule has 0 fully saturated rings. The summed E-state index contributed by atoms with van der Waals surface area (Å²) >= 11 is 0. The van der Waals surface area contributed by atoms with Gasteiger partial charge in [-0.05, 0) is 55.4 Å². The van der Waals surface area contributed by atoms with Gasteiger partial charge in [-0.3, -0.25) is 0 Å². The molecule has 2 nitrogen and oxygen atoms in total. The summed E-state index contributed by atoms with van der Waals surface area (Å²) in [6, 6.07) is 16.5. The molecule has 0 spiro atoms. The van der Waals surface area contributed by atoms with Gasteiger partial charge in [-0.15, -0.1) is 0 Å². The van der Waals surface area contributed by atoms with E-state index < -0.39 is 8.32 Å². The van der Waals surface area contributed by atoms with Crippen molar-refractivity contribution in [1.82, 2.24) is 0 Å². The molecule has 2 rings (SSSR count). The molecular formula is C20H26O2Si. The molecule has 2 aromatic rings. The maximum atomic E-state index is 6.45. The lowest BCUT2D eigenvalue weighted by Gasteiger charge is -2.29. The third kappa shape index (κ3) is 4.81. The second kappa shape index (κ2) is 7.15. The Morgan fingerprint density at radius 2 is 1.70 bits per heavy atom. The molecule has 3 heteroatoms. The van der Waals surface area contributed by atoms with Crippen molar-refractivity contribution in [3.05, 3.63) is 71.8 Å². The summed E-state index contributed by atoms with van der Waals surface area (Å²) in [5.41, 5.74) is 4.42. The lowest BCUT2D eigenvalue weighted by atomic mass is 9.96. The molecule has 0 aliphatic heterocycles. The van der Waals surface area contributed by atoms with Gasteiger partial charge in [0, 0.05) is 0 Å². The van der Waals surface area contributed by atoms with Gasteiger partial charge < -0.3 is 9.16 Å². The van der Waals surface area contributed by atoms with Gasteiger partial charge in [0.2, 0.25) is 0 Å². The number of hydrogen-bond acceptors (Lipinski definition) is 2. The van der Waals surface area contributed by atoms with E-state index in [2.05, 4.69) is 63.5 Å². The maximum Gasteiger partial charge on any atom is 0.185 e. The molecule has 1 atom stereocenters. The Morgan fingerprint density at radius 3 is 2.26 bits per heavy atom. The summed E-state index contributed by atoms with van der Waals surface area (Å²) in [4.78, 5) is 0. The first-order valence-electron chi connectivity index (χ1n) is 7.88. The van der Waals surface area contributed by atoms with Crippen LogP contribution in [0.25, 0.3) is 5.57 Å². The Kier molecular flexibility index (Phi) is 5.45. The van der Waals surface area contributed by atoms with E-state index in [4.69, 9.17) is 9.16 Å². The Labute approximate surface area is 140 Å². The lowest BCUT2D eigenvalue weighted by molar-refractivity contribution is 0.257. The Morgan fingerprint density at radius 1 is 1.04 bits per heavy atom. The zero-order valence-electron chi connectivity index (χ0n) is 14.7. The summed E-state index contributed by atoms with van der Waals surface area (Å²) in [5, 5.41) is 0. The minimum Gasteiger partial charge on any atom is -0.497 e. The third-order valence-electron chi connectivity index (χ3n) is 3.61. The molecule has 0 N–H and O–H groups in total. The number of methoxy groups -OCH3 is 1. The van der Waals surface area contributed by atoms with Gasteiger partial charge in [0.15, 0.2) is 8.32 Å². The number of ether oxygens (including phenoxy) is 1. The highest BCUT2D eigenvalue weighted by Gasteiger charge is 2.25. The quantitative estimate of drug-likeness (QED) is 0.642. The first-order chi connectivity index (χ1) is 10.8. The van der Waals surface area contributed by atoms with Crippen LogP contribution in [-0.2, 0) is 4.43 Å². The number of hydrogen-bond donors (Lipinski definition) is 0. The van der Waals surface area contributed by atoms with Crippen LogP contribution < -0.4 is 4.74 Å². The van der Waals surface area contributed by atoms with Gasteiger partial charge in [-0.25, -0.2) is 0 Å². The van der Waals surface area contributed by atoms with Crippen molar-refractivity contribution in [3.63, 3.8) is 0 Å². The van der Waals surface area contributed by atoms with Crippen LogP contribution in [0, 0.1) is 6.92 Å². The van der Waals surface area contributed by atoms with E-state index in [1.807, 2.05) is 18.2 Å². The summed E-state index contributed by atoms with van der Waals surface area (Å²) in [7, 11) is -0.0561. The fraction of sp³-hybridized carbons (Fsp3) is 0.300. The smallest absolute Gasteiger partial charge is 0.185 e. The highest BCUT2D eigenvalue weighted by atomic mass is 28.4. The average Bonchev–Trinajstić information content (AvgIpc) is 2.52. The van der Waals surface area contributed by atoms with Gasteiger partial charge in [0.1, 0.15) is 5.75 Å². The van der Waals surface area contributed by atoms with Crippen LogP contribution >= 0.6 is 0 Å². The molecule has 0 heterocycles. The predicted molar refractivity (Wildman–Crippen MR) is 100 cm³/mol. The van der Waals surface area contributed by atoms with Crippen LogP contribution in [0.15, 0.2) is 55.1 Å². The normalized spacial score (nSPS) is 12.7. The number of aryl methyl sites for hydroxylation is 1. The van der Waals surface area contributed by atoms with E-state index in [9.17, 15) is 0 Å². The Bertz CT molecular complexity index is 669. The summed E-state index contributed by atoms with van der Waals surface area (Å²) in [5.74, 6) is 0.836. The zero-order valence-corrected chi connectivity index (χ0v) is 15.7. The van der Waals surface area contributed by atoms with E-state index in [1.165, 1.54) is 5.56 Å². The SMILES string of the molecule is C=C(c1ccc(C)cc1)C(O[Si](C)(C)C)c1cccc(OC)c1. The monoisotopic (exact) mass is 326 g/mol. The van der Waals surface area contributed by atoms with Crippen molar-refractivity contribution in [3.8, 4) is 5.75 Å². The fourth-order valence-electron chi connectivity index (χ4n) is 2.42. The fourth-order valence-corrected chi connectivity index (χ4v) is 3.40. The number of rotatable bonds is 6. The van der Waals surface area contributed by atoms with E-state index in [-0.39, 0.29) is 6.10 Å². The van der Waals surface area contributed by atoms with Crippen LogP contribution in [0.1, 0.15) is 22.8 Å². The zero-order chi connectivity index (χ0) is 17.0. The maximum absolute atomic E-state index is 6.45. The van der Waals surface area contributed by atoms with Crippen molar-refractivity contribution in [2.75, 3.05) is 7.11 Å². The molecule has 23 heavy (non-hydrogen) atoms. The van der Waals surface area contributed by atoms with Crippen molar-refractivity contribution >= 4 is 13.9 Å². The molecule has 2 aromatic carbocycles. The number of benzene rings is 2. The standard InChI is InChI=1S/C20H26O2Si/c1-15-10-12-17(13-11-15)16(2)20(22-23(4,5)6)18-8-7-9-19(14-18)21-3/h7-14,20H,2H2,1,3-6H3. The van der Waals surface area contributed by atoms with E-state index in [1.54, 1.807) is 7.11 Å². The van der Waals surface area contributed by atoms with Crippen LogP contribution in [0.2, 0.25) is 19.6 Å². The van der Waals surface area contributed by atoms with Gasteiger partial charge in [-0.1, -0.05) is 48.5 Å². The third-order valence-corrected chi connectivity index (χ3v) is 4.55. The van der Waals surface area contributed by atoms with E-state index in [0.29, 0.717) is 0 Å². The van der Waals surface area contributed by atoms with Crippen molar-refractivity contribution in [2.45, 2.75) is 32.7 Å². The predicted octanol–water partition coefficient (Wildman–Crippen LogP) is 5.61. The molecule has 0 amide bonds. The molecule has 0 aliphatic rings. The lowest BCUT2D eigenvalue weighted by Crippen LogP contribution is -2.28. The van der Waals surface area contributed by atoms with Crippen molar-refractivity contribution < 1.29 is 9.16 Å². The molecule has 1 unspecified atom stereocenters. The van der Waals surface area contributed by atoms with Gasteiger partial charge in [0.25, 0.3) is 0 Å². The van der Waals surface area contributed by atoms with Gasteiger partial charge in [0.05, 0.1) is 13.2 Å². The molecule has 0 saturated heterocycles. The highest BCUT2D eigenvalue weighted by molar-refractivity contribution is 6.69. The molecular weight excluding hydrogens is 300 g/mol. The first kappa shape index (κ1) is 17.5. The summed E-state index contributed by atoms with van der Waals surface area (Å²) < 4.78 is 11.8. The average molecular weight is 327 g/mol. The minimum atomic E-state index is -1.74. The summed E-state index contributed by atoms with van der Waals surface area (Å²) in [6.07, 6.45) is -0.153. The molecule has 0 bridgehead atoms. The van der Waals surface area contributed by atoms with Crippen LogP contribution in [0.3, 0.4) is 0 Å². The Hall–Kier alpha value is -1.84. The van der Waals surface area contributed by atoms with Crippen LogP contribution in [0.4, 0.5) is 0 Å². The van der Waals surface area contributed by atoms with Gasteiger partial charge in [-0.2, -0.15) is 0 Å². The largest absolute Gasteiger partial charge is 0.497 e. The highest BCUT2D eigenvalue weighted by Crippen LogP contribution is 2.35. The first-order valence-corrected chi connectivity index (χ1v) is 11.3. The van der Waals surface area contributed by atoms with Crippen LogP contribution in [0.5, 0.6) is 5.75 Å². The van der Waals surface area contributed by atoms with Crippen LogP contribution in [-0.4, -0.2) is 15.4 Å². The molecule has 122 valence electrons. The van der Waals surface area contributed by atoms with Gasteiger partial charge >= 0.3 is 0 Å². The second-order valence-electron chi connectivity index (χ2n) is 6.78. The molecule has 0 saturated carbocycles. The molecule has 0 aromatic heterocycles. The Balaban J connectivity index is 2.40. The molecule has 0 radical (unpaired) electrons. The minimum absolute atomic E-state index is 0.153. The molecule has 0 aliphatic carbocycles. The van der Waals surface area contributed by atoms with E-state index in [0.717, 1.165) is 22.4 Å². The second-order valence-corrected chi connectivity index (χ2v) is 11.2. The van der Waals surface area contributed by atoms with E-state index >= 15 is 0 Å². The van der Waals surface area contributed by atoms with Crippen molar-refractivity contribution in [1.29, 1.82) is 0 Å². The van der Waals surface area contributed by atoms with Crippen molar-refractivity contribution in [2.24, 2.45) is 0 Å². The topological polar surface area (TPSA) is 18.5 Å².